The molecule has 43 heavy (non-hydrogen) atoms. The molecule has 0 radical (unpaired) electrons. The molecule has 1 aromatic rings. The van der Waals surface area contributed by atoms with Crippen LogP contribution in [0.5, 0.6) is 0 Å². The Morgan fingerprint density at radius 3 is 2.19 bits per heavy atom. The fraction of sp³-hybridized carbons (Fsp3) is 0.667. The minimum absolute atomic E-state index is 0.261. The number of nitrogens with two attached hydrogens (primary N) is 1. The molecule has 1 saturated heterocycles. The van der Waals surface area contributed by atoms with E-state index in [1.165, 1.54) is 4.90 Å². The van der Waals surface area contributed by atoms with Crippen molar-refractivity contribution in [3.05, 3.63) is 35.9 Å². The summed E-state index contributed by atoms with van der Waals surface area (Å²) in [5.74, 6) is -2.43. The number of hydrogen-bond donors (Lipinski definition) is 4. The number of carbonyl (C=O) groups excluding carboxylic acids is 5. The minimum Gasteiger partial charge on any atom is -0.363 e. The maximum absolute atomic E-state index is 14.0. The highest BCUT2D eigenvalue weighted by Gasteiger charge is 2.44. The van der Waals surface area contributed by atoms with Crippen molar-refractivity contribution in [2.75, 3.05) is 6.54 Å². The van der Waals surface area contributed by atoms with Crippen LogP contribution >= 0.6 is 0 Å². The van der Waals surface area contributed by atoms with Gasteiger partial charge < -0.3 is 26.6 Å². The van der Waals surface area contributed by atoms with Crippen LogP contribution in [0.1, 0.15) is 97.0 Å². The van der Waals surface area contributed by atoms with Gasteiger partial charge in [-0.05, 0) is 55.4 Å². The van der Waals surface area contributed by atoms with E-state index in [1.54, 1.807) is 0 Å². The molecule has 5 N–H and O–H groups in total. The average molecular weight is 596 g/mol. The van der Waals surface area contributed by atoms with Crippen LogP contribution in [0.15, 0.2) is 30.3 Å². The number of benzene rings is 1. The quantitative estimate of drug-likeness (QED) is 0.289. The lowest BCUT2D eigenvalue weighted by Crippen LogP contribution is -2.62. The molecule has 10 nitrogen and oxygen atoms in total. The smallest absolute Gasteiger partial charge is 0.315 e. The fourth-order valence-electron chi connectivity index (χ4n) is 6.82. The summed E-state index contributed by atoms with van der Waals surface area (Å²) in [4.78, 5) is 66.8. The summed E-state index contributed by atoms with van der Waals surface area (Å²) in [6.45, 7) is 6.03. The first-order valence-electron chi connectivity index (χ1n) is 16.0. The molecule has 1 aliphatic heterocycles. The fourth-order valence-corrected chi connectivity index (χ4v) is 6.82. The average Bonchev–Trinajstić information content (AvgIpc) is 3.43. The summed E-state index contributed by atoms with van der Waals surface area (Å²) < 4.78 is 0. The SMILES string of the molecule is CC(C)(C)C(NC(=O)NC1(Cc2ccccc2)CCCCC1)C(=O)N1CCC[C@H]1C(=O)NC(CC1CCC1)C(=O)C(N)=O. The summed E-state index contributed by atoms with van der Waals surface area (Å²) in [6.07, 6.45) is 10.00. The van der Waals surface area contributed by atoms with Gasteiger partial charge in [0.2, 0.25) is 17.6 Å². The Bertz CT molecular complexity index is 1170. The summed E-state index contributed by atoms with van der Waals surface area (Å²) in [5, 5.41) is 8.98. The number of urea groups is 1. The monoisotopic (exact) mass is 595 g/mol. The zero-order valence-electron chi connectivity index (χ0n) is 26.0. The second kappa shape index (κ2) is 13.9. The molecule has 2 unspecified atom stereocenters. The summed E-state index contributed by atoms with van der Waals surface area (Å²) in [7, 11) is 0. The number of likely N-dealkylation sites (tertiary alicyclic amines) is 1. The van der Waals surface area contributed by atoms with E-state index in [9.17, 15) is 24.0 Å². The summed E-state index contributed by atoms with van der Waals surface area (Å²) in [5.41, 5.74) is 5.41. The second-order valence-corrected chi connectivity index (χ2v) is 13.9. The van der Waals surface area contributed by atoms with Crippen molar-refractivity contribution in [1.29, 1.82) is 0 Å². The first kappa shape index (κ1) is 32.5. The zero-order valence-corrected chi connectivity index (χ0v) is 26.0. The molecule has 0 bridgehead atoms. The van der Waals surface area contributed by atoms with E-state index in [4.69, 9.17) is 5.73 Å². The van der Waals surface area contributed by atoms with Gasteiger partial charge in [-0.3, -0.25) is 19.2 Å². The van der Waals surface area contributed by atoms with Crippen molar-refractivity contribution < 1.29 is 24.0 Å². The van der Waals surface area contributed by atoms with Gasteiger partial charge in [-0.1, -0.05) is 89.6 Å². The molecule has 236 valence electrons. The number of nitrogens with zero attached hydrogens (tertiary/aromatic N) is 1. The maximum Gasteiger partial charge on any atom is 0.315 e. The van der Waals surface area contributed by atoms with Crippen LogP contribution in [0.4, 0.5) is 4.79 Å². The van der Waals surface area contributed by atoms with Gasteiger partial charge in [-0.2, -0.15) is 0 Å². The predicted molar refractivity (Wildman–Crippen MR) is 164 cm³/mol. The van der Waals surface area contributed by atoms with E-state index in [2.05, 4.69) is 28.1 Å². The number of rotatable bonds is 11. The highest BCUT2D eigenvalue weighted by molar-refractivity contribution is 6.37. The molecule has 3 aliphatic rings. The molecule has 0 spiro atoms. The largest absolute Gasteiger partial charge is 0.363 e. The molecule has 2 aliphatic carbocycles. The number of nitrogens with one attached hydrogen (secondary N) is 3. The second-order valence-electron chi connectivity index (χ2n) is 13.9. The van der Waals surface area contributed by atoms with Crippen molar-refractivity contribution in [2.45, 2.75) is 121 Å². The van der Waals surface area contributed by atoms with E-state index >= 15 is 0 Å². The Kier molecular flexibility index (Phi) is 10.5. The maximum atomic E-state index is 14.0. The number of Topliss-reactive ketones (excluding diaryl/α,β-unsaturated/α-hetero) is 1. The molecule has 3 atom stereocenters. The molecule has 1 heterocycles. The lowest BCUT2D eigenvalue weighted by Gasteiger charge is -2.40. The van der Waals surface area contributed by atoms with Gasteiger partial charge >= 0.3 is 6.03 Å². The number of ketones is 1. The van der Waals surface area contributed by atoms with Crippen LogP contribution in [0.3, 0.4) is 0 Å². The van der Waals surface area contributed by atoms with Crippen LogP contribution in [0.2, 0.25) is 0 Å². The molecule has 4 rings (SSSR count). The molecule has 3 fully saturated rings. The lowest BCUT2D eigenvalue weighted by molar-refractivity contribution is -0.143. The van der Waals surface area contributed by atoms with Crippen LogP contribution in [-0.2, 0) is 25.6 Å². The van der Waals surface area contributed by atoms with Crippen LogP contribution < -0.4 is 21.7 Å². The Morgan fingerprint density at radius 2 is 1.60 bits per heavy atom. The first-order chi connectivity index (χ1) is 20.4. The predicted octanol–water partition coefficient (Wildman–Crippen LogP) is 3.37. The van der Waals surface area contributed by atoms with Crippen LogP contribution in [-0.4, -0.2) is 64.6 Å². The number of primary amides is 1. The van der Waals surface area contributed by atoms with Gasteiger partial charge in [-0.15, -0.1) is 0 Å². The lowest BCUT2D eigenvalue weighted by atomic mass is 9.77. The molecule has 10 heteroatoms. The topological polar surface area (TPSA) is 151 Å². The third-order valence-electron chi connectivity index (χ3n) is 9.47. The Balaban J connectivity index is 1.45. The standard InChI is InChI=1S/C33H49N5O5/c1-32(2,3)27(36-31(43)37-33(17-8-5-9-18-33)21-23-12-6-4-7-13-23)30(42)38-19-11-16-25(38)29(41)35-24(26(39)28(34)40)20-22-14-10-15-22/h4,6-7,12-13,22,24-25,27H,5,8-11,14-21H2,1-3H3,(H2,34,40)(H,35,41)(H2,36,37,43)/t24?,25-,27?/m0/s1. The van der Waals surface area contributed by atoms with Gasteiger partial charge in [0, 0.05) is 12.1 Å². The Labute approximate surface area is 255 Å². The molecule has 0 aromatic heterocycles. The highest BCUT2D eigenvalue weighted by Crippen LogP contribution is 2.33. The highest BCUT2D eigenvalue weighted by atomic mass is 16.2. The number of amides is 5. The normalized spacial score (nSPS) is 21.7. The van der Waals surface area contributed by atoms with Gasteiger partial charge in [0.25, 0.3) is 5.91 Å². The van der Waals surface area contributed by atoms with Crippen LogP contribution in [0.25, 0.3) is 0 Å². The van der Waals surface area contributed by atoms with Crippen molar-refractivity contribution in [3.63, 3.8) is 0 Å². The molecular formula is C33H49N5O5. The number of hydrogen-bond acceptors (Lipinski definition) is 5. The first-order valence-corrected chi connectivity index (χ1v) is 16.0. The van der Waals surface area contributed by atoms with Crippen molar-refractivity contribution in [1.82, 2.24) is 20.9 Å². The van der Waals surface area contributed by atoms with Crippen molar-refractivity contribution in [2.24, 2.45) is 17.1 Å². The van der Waals surface area contributed by atoms with E-state index in [-0.39, 0.29) is 17.9 Å². The van der Waals surface area contributed by atoms with Crippen LogP contribution in [0, 0.1) is 11.3 Å². The molecular weight excluding hydrogens is 546 g/mol. The Morgan fingerprint density at radius 1 is 0.930 bits per heavy atom. The zero-order chi connectivity index (χ0) is 31.2. The van der Waals surface area contributed by atoms with E-state index in [0.29, 0.717) is 25.8 Å². The molecule has 5 amide bonds. The van der Waals surface area contributed by atoms with Gasteiger partial charge in [0.05, 0.1) is 6.04 Å². The molecule has 1 aromatic carbocycles. The van der Waals surface area contributed by atoms with Gasteiger partial charge in [0.15, 0.2) is 0 Å². The molecule has 2 saturated carbocycles. The summed E-state index contributed by atoms with van der Waals surface area (Å²) >= 11 is 0. The van der Waals surface area contributed by atoms with Crippen molar-refractivity contribution >= 4 is 29.5 Å². The summed E-state index contributed by atoms with van der Waals surface area (Å²) in [6, 6.07) is 7.07. The third-order valence-corrected chi connectivity index (χ3v) is 9.47. The number of carbonyl (C=O) groups is 5. The van der Waals surface area contributed by atoms with Gasteiger partial charge in [0.1, 0.15) is 12.1 Å². The van der Waals surface area contributed by atoms with E-state index in [0.717, 1.165) is 63.4 Å². The Hall–Kier alpha value is -3.43. The minimum atomic E-state index is -1.07. The van der Waals surface area contributed by atoms with E-state index < -0.39 is 46.7 Å². The van der Waals surface area contributed by atoms with Crippen molar-refractivity contribution in [3.8, 4) is 0 Å². The van der Waals surface area contributed by atoms with Gasteiger partial charge in [-0.25, -0.2) is 4.79 Å². The third kappa shape index (κ3) is 8.36. The van der Waals surface area contributed by atoms with E-state index in [1.807, 2.05) is 39.0 Å².